The monoisotopic (exact) mass is 436 g/mol. The van der Waals surface area contributed by atoms with Gasteiger partial charge < -0.3 is 18.9 Å². The first kappa shape index (κ1) is 26.1. The lowest BCUT2D eigenvalue weighted by atomic mass is 9.95. The fraction of sp³-hybridized carbons (Fsp3) is 0.808. The summed E-state index contributed by atoms with van der Waals surface area (Å²) in [6, 6.07) is 0. The number of esters is 1. The van der Waals surface area contributed by atoms with Crippen molar-refractivity contribution in [1.82, 2.24) is 0 Å². The van der Waals surface area contributed by atoms with Gasteiger partial charge in [-0.15, -0.1) is 0 Å². The van der Waals surface area contributed by atoms with Gasteiger partial charge in [0.05, 0.1) is 11.7 Å². The average molecular weight is 437 g/mol. The highest BCUT2D eigenvalue weighted by Gasteiger charge is 2.49. The molecule has 0 saturated carbocycles. The Bertz CT molecular complexity index is 710. The van der Waals surface area contributed by atoms with Crippen LogP contribution in [-0.4, -0.2) is 35.4 Å². The van der Waals surface area contributed by atoms with Crippen molar-refractivity contribution in [3.63, 3.8) is 0 Å². The molecule has 0 bridgehead atoms. The smallest absolute Gasteiger partial charge is 0.340 e. The van der Waals surface area contributed by atoms with Crippen molar-refractivity contribution < 1.29 is 23.7 Å². The number of hydrogen-bond acceptors (Lipinski definition) is 5. The molecule has 1 unspecified atom stereocenters. The number of carbonyl (C=O) groups is 1. The molecule has 0 spiro atoms. The lowest BCUT2D eigenvalue weighted by Crippen LogP contribution is -2.33. The minimum atomic E-state index is -0.894. The standard InChI is InChI=1S/C26H44O5/c1-18(14-15-20-24(6,7)31-25(8,9)29-20)12-11-13-19(2)16-17-26(10)21(27)28-22(30-26)23(3,4)5/h12,16,20,22H,11,13-15,17H2,1-10H3/b18-12+,19-16+/t20?,22-,26-/m1/s1. The largest absolute Gasteiger partial charge is 0.433 e. The molecule has 0 radical (unpaired) electrons. The van der Waals surface area contributed by atoms with Crippen LogP contribution in [0.15, 0.2) is 23.3 Å². The van der Waals surface area contributed by atoms with E-state index < -0.39 is 17.7 Å². The topological polar surface area (TPSA) is 54.0 Å². The predicted octanol–water partition coefficient (Wildman–Crippen LogP) is 6.46. The Kier molecular flexibility index (Phi) is 7.88. The molecule has 0 N–H and O–H groups in total. The van der Waals surface area contributed by atoms with Crippen LogP contribution in [-0.2, 0) is 23.7 Å². The van der Waals surface area contributed by atoms with Crippen LogP contribution in [0, 0.1) is 5.41 Å². The van der Waals surface area contributed by atoms with Crippen molar-refractivity contribution in [3.05, 3.63) is 23.3 Å². The Balaban J connectivity index is 1.79. The SMILES string of the molecule is C/C(=C\C[C@@]1(C)O[C@H](C(C)(C)C)OC1=O)CC/C=C(\C)CCC1OC(C)(C)OC1(C)C. The molecule has 2 rings (SSSR count). The predicted molar refractivity (Wildman–Crippen MR) is 124 cm³/mol. The summed E-state index contributed by atoms with van der Waals surface area (Å²) in [5, 5.41) is 0. The van der Waals surface area contributed by atoms with E-state index in [4.69, 9.17) is 18.9 Å². The normalized spacial score (nSPS) is 31.2. The van der Waals surface area contributed by atoms with Gasteiger partial charge in [-0.05, 0) is 74.1 Å². The molecule has 0 aromatic heterocycles. The Labute approximate surface area is 189 Å². The van der Waals surface area contributed by atoms with Crippen LogP contribution in [0.5, 0.6) is 0 Å². The summed E-state index contributed by atoms with van der Waals surface area (Å²) in [6.07, 6.45) is 8.49. The van der Waals surface area contributed by atoms with E-state index in [1.807, 2.05) is 41.5 Å². The van der Waals surface area contributed by atoms with Gasteiger partial charge in [-0.2, -0.15) is 0 Å². The molecule has 31 heavy (non-hydrogen) atoms. The molecule has 0 amide bonds. The summed E-state index contributed by atoms with van der Waals surface area (Å²) in [5.74, 6) is -0.774. The van der Waals surface area contributed by atoms with Gasteiger partial charge in [-0.1, -0.05) is 44.1 Å². The maximum atomic E-state index is 12.3. The van der Waals surface area contributed by atoms with Crippen LogP contribution >= 0.6 is 0 Å². The lowest BCUT2D eigenvalue weighted by molar-refractivity contribution is -0.157. The van der Waals surface area contributed by atoms with Gasteiger partial charge in [0.15, 0.2) is 11.4 Å². The van der Waals surface area contributed by atoms with E-state index in [1.54, 1.807) is 0 Å². The van der Waals surface area contributed by atoms with Crippen LogP contribution < -0.4 is 0 Å². The first-order chi connectivity index (χ1) is 14.0. The van der Waals surface area contributed by atoms with Gasteiger partial charge in [0.1, 0.15) is 0 Å². The number of carbonyl (C=O) groups excluding carboxylic acids is 1. The van der Waals surface area contributed by atoms with Gasteiger partial charge in [0.2, 0.25) is 6.29 Å². The molecule has 2 fully saturated rings. The third-order valence-electron chi connectivity index (χ3n) is 6.10. The highest BCUT2D eigenvalue weighted by molar-refractivity contribution is 5.81. The summed E-state index contributed by atoms with van der Waals surface area (Å²) in [6.45, 7) is 20.3. The molecular formula is C26H44O5. The van der Waals surface area contributed by atoms with E-state index in [2.05, 4.69) is 39.8 Å². The number of ether oxygens (including phenoxy) is 4. The van der Waals surface area contributed by atoms with Crippen LogP contribution in [0.3, 0.4) is 0 Å². The highest BCUT2D eigenvalue weighted by atomic mass is 16.8. The zero-order valence-electron chi connectivity index (χ0n) is 21.4. The fourth-order valence-electron chi connectivity index (χ4n) is 4.11. The molecule has 2 aliphatic rings. The lowest BCUT2D eigenvalue weighted by Gasteiger charge is -2.26. The molecule has 5 nitrogen and oxygen atoms in total. The number of allylic oxidation sites excluding steroid dienone is 3. The van der Waals surface area contributed by atoms with Crippen molar-refractivity contribution in [2.75, 3.05) is 0 Å². The first-order valence-corrected chi connectivity index (χ1v) is 11.6. The molecule has 178 valence electrons. The van der Waals surface area contributed by atoms with Gasteiger partial charge in [-0.3, -0.25) is 0 Å². The highest BCUT2D eigenvalue weighted by Crippen LogP contribution is 2.39. The molecule has 0 aromatic carbocycles. The molecule has 2 saturated heterocycles. The van der Waals surface area contributed by atoms with Crippen molar-refractivity contribution in [3.8, 4) is 0 Å². The third-order valence-corrected chi connectivity index (χ3v) is 6.10. The van der Waals surface area contributed by atoms with Crippen LogP contribution in [0.1, 0.15) is 101 Å². The van der Waals surface area contributed by atoms with E-state index >= 15 is 0 Å². The molecule has 0 aromatic rings. The van der Waals surface area contributed by atoms with Crippen molar-refractivity contribution in [2.45, 2.75) is 131 Å². The molecule has 2 aliphatic heterocycles. The summed E-state index contributed by atoms with van der Waals surface area (Å²) >= 11 is 0. The van der Waals surface area contributed by atoms with E-state index in [9.17, 15) is 4.79 Å². The van der Waals surface area contributed by atoms with E-state index in [0.717, 1.165) is 25.7 Å². The van der Waals surface area contributed by atoms with Crippen molar-refractivity contribution >= 4 is 5.97 Å². The Morgan fingerprint density at radius 2 is 1.58 bits per heavy atom. The van der Waals surface area contributed by atoms with Crippen molar-refractivity contribution in [2.24, 2.45) is 5.41 Å². The minimum Gasteiger partial charge on any atom is -0.433 e. The van der Waals surface area contributed by atoms with Gasteiger partial charge in [0, 0.05) is 11.8 Å². The summed E-state index contributed by atoms with van der Waals surface area (Å²) in [4.78, 5) is 12.3. The van der Waals surface area contributed by atoms with Crippen LogP contribution in [0.25, 0.3) is 0 Å². The number of cyclic esters (lactones) is 1. The molecule has 0 aliphatic carbocycles. The molecular weight excluding hydrogens is 392 g/mol. The summed E-state index contributed by atoms with van der Waals surface area (Å²) < 4.78 is 23.5. The zero-order valence-corrected chi connectivity index (χ0v) is 21.4. The quantitative estimate of drug-likeness (QED) is 0.323. The van der Waals surface area contributed by atoms with Crippen molar-refractivity contribution in [1.29, 1.82) is 0 Å². The summed E-state index contributed by atoms with van der Waals surface area (Å²) in [7, 11) is 0. The van der Waals surface area contributed by atoms with Gasteiger partial charge >= 0.3 is 5.97 Å². The minimum absolute atomic E-state index is 0.108. The van der Waals surface area contributed by atoms with E-state index in [0.29, 0.717) is 6.42 Å². The van der Waals surface area contributed by atoms with E-state index in [1.165, 1.54) is 11.1 Å². The van der Waals surface area contributed by atoms with Gasteiger partial charge in [0.25, 0.3) is 0 Å². The number of hydrogen-bond donors (Lipinski definition) is 0. The second-order valence-electron chi connectivity index (χ2n) is 11.5. The first-order valence-electron chi connectivity index (χ1n) is 11.6. The molecule has 5 heteroatoms. The van der Waals surface area contributed by atoms with E-state index in [-0.39, 0.29) is 23.1 Å². The van der Waals surface area contributed by atoms with Gasteiger partial charge in [-0.25, -0.2) is 4.79 Å². The second-order valence-corrected chi connectivity index (χ2v) is 11.5. The molecule has 2 heterocycles. The third kappa shape index (κ3) is 7.16. The Morgan fingerprint density at radius 3 is 2.10 bits per heavy atom. The number of rotatable bonds is 8. The molecule has 3 atom stereocenters. The zero-order chi connectivity index (χ0) is 23.7. The Morgan fingerprint density at radius 1 is 0.968 bits per heavy atom. The fourth-order valence-corrected chi connectivity index (χ4v) is 4.11. The maximum Gasteiger partial charge on any atom is 0.340 e. The summed E-state index contributed by atoms with van der Waals surface area (Å²) in [5.41, 5.74) is 1.26. The van der Waals surface area contributed by atoms with Crippen LogP contribution in [0.2, 0.25) is 0 Å². The average Bonchev–Trinajstić information content (AvgIpc) is 3.02. The van der Waals surface area contributed by atoms with Crippen LogP contribution in [0.4, 0.5) is 0 Å². The maximum absolute atomic E-state index is 12.3. The second kappa shape index (κ2) is 9.36. The Hall–Kier alpha value is -1.17.